The maximum atomic E-state index is 2.27. The van der Waals surface area contributed by atoms with Crippen molar-refractivity contribution in [3.8, 4) is 11.1 Å². The van der Waals surface area contributed by atoms with E-state index < -0.39 is 0 Å². The molecule has 0 aliphatic carbocycles. The first-order valence-corrected chi connectivity index (χ1v) is 10.7. The molecule has 0 saturated carbocycles. The second kappa shape index (κ2) is 8.41. The molecule has 2 heteroatoms. The first-order valence-electron chi connectivity index (χ1n) is 8.73. The molecule has 126 valence electrons. The standard InChI is InChI=1S/C24H20P2/c1-3-11-19(12-4-1)25-23-17-9-7-15-21(23)22-16-8-10-18-24(22)26-20-13-5-2-6-14-20/h1-18,25-26H. The van der Waals surface area contributed by atoms with E-state index in [2.05, 4.69) is 109 Å². The molecule has 0 heterocycles. The van der Waals surface area contributed by atoms with E-state index in [1.807, 2.05) is 0 Å². The molecule has 0 bridgehead atoms. The van der Waals surface area contributed by atoms with Gasteiger partial charge in [0.05, 0.1) is 0 Å². The smallest absolute Gasteiger partial charge is 0.00999 e. The molecule has 0 N–H and O–H groups in total. The molecule has 0 nitrogen and oxygen atoms in total. The van der Waals surface area contributed by atoms with E-state index in [9.17, 15) is 0 Å². The summed E-state index contributed by atoms with van der Waals surface area (Å²) in [6.45, 7) is 0. The summed E-state index contributed by atoms with van der Waals surface area (Å²) >= 11 is 0. The monoisotopic (exact) mass is 370 g/mol. The number of hydrogen-bond donors (Lipinski definition) is 0. The fraction of sp³-hybridized carbons (Fsp3) is 0. The van der Waals surface area contributed by atoms with Crippen LogP contribution in [0.25, 0.3) is 11.1 Å². The van der Waals surface area contributed by atoms with Crippen molar-refractivity contribution in [2.45, 2.75) is 0 Å². The van der Waals surface area contributed by atoms with Gasteiger partial charge in [0.25, 0.3) is 0 Å². The molecule has 0 saturated heterocycles. The average Bonchev–Trinajstić information content (AvgIpc) is 2.71. The Balaban J connectivity index is 1.72. The SMILES string of the molecule is c1ccc(Pc2ccccc2-c2ccccc2Pc2ccccc2)cc1. The highest BCUT2D eigenvalue weighted by Crippen LogP contribution is 2.26. The van der Waals surface area contributed by atoms with E-state index in [-0.39, 0.29) is 0 Å². The van der Waals surface area contributed by atoms with Crippen molar-refractivity contribution in [1.29, 1.82) is 0 Å². The molecule has 0 spiro atoms. The summed E-state index contributed by atoms with van der Waals surface area (Å²) in [5.74, 6) is 0. The molecule has 0 aliphatic heterocycles. The Morgan fingerprint density at radius 2 is 0.692 bits per heavy atom. The lowest BCUT2D eigenvalue weighted by molar-refractivity contribution is 1.68. The van der Waals surface area contributed by atoms with Crippen molar-refractivity contribution < 1.29 is 0 Å². The minimum Gasteiger partial charge on any atom is -0.0622 e. The van der Waals surface area contributed by atoms with Gasteiger partial charge in [0, 0.05) is 0 Å². The molecule has 0 aliphatic rings. The summed E-state index contributed by atoms with van der Waals surface area (Å²) in [6, 6.07) is 39.2. The van der Waals surface area contributed by atoms with Gasteiger partial charge in [-0.25, -0.2) is 0 Å². The Bertz CT molecular complexity index is 896. The Kier molecular flexibility index (Phi) is 5.56. The molecular formula is C24H20P2. The highest BCUT2D eigenvalue weighted by Gasteiger charge is 2.10. The molecule has 2 unspecified atom stereocenters. The summed E-state index contributed by atoms with van der Waals surface area (Å²) in [7, 11) is 1.34. The van der Waals surface area contributed by atoms with E-state index in [0.29, 0.717) is 17.2 Å². The molecule has 26 heavy (non-hydrogen) atoms. The summed E-state index contributed by atoms with van der Waals surface area (Å²) in [4.78, 5) is 0. The van der Waals surface area contributed by atoms with Gasteiger partial charge in [0.15, 0.2) is 0 Å². The first kappa shape index (κ1) is 17.2. The van der Waals surface area contributed by atoms with Crippen LogP contribution < -0.4 is 21.2 Å². The normalized spacial score (nSPS) is 11.5. The third-order valence-corrected chi connectivity index (χ3v) is 6.90. The Hall–Kier alpha value is -2.26. The van der Waals surface area contributed by atoms with Gasteiger partial charge < -0.3 is 0 Å². The second-order valence-corrected chi connectivity index (χ2v) is 8.81. The van der Waals surface area contributed by atoms with Crippen molar-refractivity contribution in [3.05, 3.63) is 109 Å². The van der Waals surface area contributed by atoms with Crippen LogP contribution in [0.2, 0.25) is 0 Å². The van der Waals surface area contributed by atoms with Crippen LogP contribution in [0, 0.1) is 0 Å². The third kappa shape index (κ3) is 4.10. The van der Waals surface area contributed by atoms with Gasteiger partial charge in [-0.05, 0) is 32.3 Å². The number of rotatable bonds is 5. The molecule has 4 aromatic carbocycles. The first-order chi connectivity index (χ1) is 12.9. The van der Waals surface area contributed by atoms with Crippen LogP contribution in [-0.2, 0) is 0 Å². The third-order valence-electron chi connectivity index (χ3n) is 4.25. The largest absolute Gasteiger partial charge is 0.0622 e. The molecular weight excluding hydrogens is 350 g/mol. The summed E-state index contributed by atoms with van der Waals surface area (Å²) in [5, 5.41) is 5.57. The van der Waals surface area contributed by atoms with Gasteiger partial charge in [0.2, 0.25) is 0 Å². The van der Waals surface area contributed by atoms with Gasteiger partial charge in [-0.2, -0.15) is 0 Å². The minimum absolute atomic E-state index is 0.668. The van der Waals surface area contributed by atoms with Crippen LogP contribution in [0.4, 0.5) is 0 Å². The van der Waals surface area contributed by atoms with Crippen molar-refractivity contribution in [2.24, 2.45) is 0 Å². The Morgan fingerprint density at radius 3 is 1.12 bits per heavy atom. The molecule has 0 amide bonds. The summed E-state index contributed by atoms with van der Waals surface area (Å²) in [5.41, 5.74) is 2.71. The van der Waals surface area contributed by atoms with Gasteiger partial charge in [-0.3, -0.25) is 0 Å². The van der Waals surface area contributed by atoms with Gasteiger partial charge in [-0.15, -0.1) is 0 Å². The zero-order valence-electron chi connectivity index (χ0n) is 14.4. The quantitative estimate of drug-likeness (QED) is 0.450. The number of hydrogen-bond acceptors (Lipinski definition) is 0. The predicted octanol–water partition coefficient (Wildman–Crippen LogP) is 4.61. The lowest BCUT2D eigenvalue weighted by Gasteiger charge is -2.14. The van der Waals surface area contributed by atoms with Crippen molar-refractivity contribution in [3.63, 3.8) is 0 Å². The van der Waals surface area contributed by atoms with Crippen LogP contribution in [0.15, 0.2) is 109 Å². The van der Waals surface area contributed by atoms with Gasteiger partial charge in [0.1, 0.15) is 0 Å². The van der Waals surface area contributed by atoms with Crippen molar-refractivity contribution >= 4 is 38.4 Å². The second-order valence-electron chi connectivity index (χ2n) is 6.07. The van der Waals surface area contributed by atoms with E-state index >= 15 is 0 Å². The fourth-order valence-corrected chi connectivity index (χ4v) is 5.41. The molecule has 2 atom stereocenters. The lowest BCUT2D eigenvalue weighted by Crippen LogP contribution is -2.11. The highest BCUT2D eigenvalue weighted by atomic mass is 31.1. The van der Waals surface area contributed by atoms with Gasteiger partial charge >= 0.3 is 0 Å². The summed E-state index contributed by atoms with van der Waals surface area (Å²) < 4.78 is 0. The molecule has 0 aromatic heterocycles. The molecule has 0 radical (unpaired) electrons. The number of benzene rings is 4. The molecule has 4 rings (SSSR count). The maximum absolute atomic E-state index is 2.27. The van der Waals surface area contributed by atoms with Crippen LogP contribution >= 0.6 is 17.2 Å². The summed E-state index contributed by atoms with van der Waals surface area (Å²) in [6.07, 6.45) is 0. The predicted molar refractivity (Wildman–Crippen MR) is 120 cm³/mol. The van der Waals surface area contributed by atoms with E-state index in [4.69, 9.17) is 0 Å². The molecule has 0 fully saturated rings. The molecule has 4 aromatic rings. The van der Waals surface area contributed by atoms with E-state index in [0.717, 1.165) is 0 Å². The average molecular weight is 370 g/mol. The van der Waals surface area contributed by atoms with Crippen LogP contribution in [0.3, 0.4) is 0 Å². The highest BCUT2D eigenvalue weighted by molar-refractivity contribution is 7.56. The Labute approximate surface area is 158 Å². The van der Waals surface area contributed by atoms with Crippen LogP contribution in [0.5, 0.6) is 0 Å². The Morgan fingerprint density at radius 1 is 0.346 bits per heavy atom. The fourth-order valence-electron chi connectivity index (χ4n) is 3.01. The lowest BCUT2D eigenvalue weighted by atomic mass is 10.1. The zero-order valence-corrected chi connectivity index (χ0v) is 16.4. The van der Waals surface area contributed by atoms with Crippen molar-refractivity contribution in [2.75, 3.05) is 0 Å². The minimum atomic E-state index is 0.668. The van der Waals surface area contributed by atoms with Crippen LogP contribution in [0.1, 0.15) is 0 Å². The van der Waals surface area contributed by atoms with E-state index in [1.54, 1.807) is 0 Å². The van der Waals surface area contributed by atoms with Crippen LogP contribution in [-0.4, -0.2) is 0 Å². The topological polar surface area (TPSA) is 0 Å². The van der Waals surface area contributed by atoms with Crippen molar-refractivity contribution in [1.82, 2.24) is 0 Å². The van der Waals surface area contributed by atoms with Gasteiger partial charge in [-0.1, -0.05) is 126 Å². The zero-order chi connectivity index (χ0) is 17.6. The van der Waals surface area contributed by atoms with E-state index in [1.165, 1.54) is 32.3 Å². The maximum Gasteiger partial charge on any atom is -0.00999 e.